The fourth-order valence-corrected chi connectivity index (χ4v) is 3.45. The molecule has 1 aliphatic rings. The van der Waals surface area contributed by atoms with Crippen molar-refractivity contribution in [1.82, 2.24) is 4.90 Å². The van der Waals surface area contributed by atoms with Gasteiger partial charge in [0.1, 0.15) is 6.04 Å². The van der Waals surface area contributed by atoms with Gasteiger partial charge >= 0.3 is 5.97 Å². The molecule has 3 rings (SSSR count). The number of nitrogens with zero attached hydrogens (tertiary/aromatic N) is 2. The Labute approximate surface area is 147 Å². The number of carboxylic acid groups (broad SMARTS) is 1. The van der Waals surface area contributed by atoms with Gasteiger partial charge in [0.25, 0.3) is 0 Å². The summed E-state index contributed by atoms with van der Waals surface area (Å²) in [6, 6.07) is 15.0. The Morgan fingerprint density at radius 1 is 1.08 bits per heavy atom. The normalized spacial score (nSPS) is 16.8. The Hall–Kier alpha value is -2.04. The quantitative estimate of drug-likeness (QED) is 0.920. The molecule has 1 fully saturated rings. The van der Waals surface area contributed by atoms with Crippen molar-refractivity contribution in [2.75, 3.05) is 31.1 Å². The van der Waals surface area contributed by atoms with Crippen LogP contribution in [0, 0.1) is 6.92 Å². The van der Waals surface area contributed by atoms with Crippen molar-refractivity contribution >= 4 is 23.3 Å². The monoisotopic (exact) mass is 344 g/mol. The number of aliphatic carboxylic acids is 1. The summed E-state index contributed by atoms with van der Waals surface area (Å²) in [4.78, 5) is 16.1. The van der Waals surface area contributed by atoms with E-state index in [0.717, 1.165) is 34.9 Å². The van der Waals surface area contributed by atoms with E-state index in [1.807, 2.05) is 60.4 Å². The van der Waals surface area contributed by atoms with Gasteiger partial charge in [-0.2, -0.15) is 0 Å². The molecule has 1 heterocycles. The molecule has 1 aliphatic heterocycles. The van der Waals surface area contributed by atoms with Crippen molar-refractivity contribution in [2.45, 2.75) is 13.0 Å². The van der Waals surface area contributed by atoms with Crippen molar-refractivity contribution in [3.63, 3.8) is 0 Å². The van der Waals surface area contributed by atoms with Crippen LogP contribution in [0.5, 0.6) is 0 Å². The van der Waals surface area contributed by atoms with E-state index in [2.05, 4.69) is 4.90 Å². The molecule has 1 atom stereocenters. The van der Waals surface area contributed by atoms with E-state index in [-0.39, 0.29) is 0 Å². The largest absolute Gasteiger partial charge is 0.480 e. The predicted octanol–water partition coefficient (Wildman–Crippen LogP) is 3.60. The second-order valence-corrected chi connectivity index (χ2v) is 6.59. The molecule has 24 heavy (non-hydrogen) atoms. The van der Waals surface area contributed by atoms with Crippen LogP contribution in [-0.4, -0.2) is 42.2 Å². The Balaban J connectivity index is 1.73. The predicted molar refractivity (Wildman–Crippen MR) is 96.8 cm³/mol. The first-order valence-electron chi connectivity index (χ1n) is 8.08. The van der Waals surface area contributed by atoms with Gasteiger partial charge in [0.2, 0.25) is 0 Å². The summed E-state index contributed by atoms with van der Waals surface area (Å²) in [5, 5.41) is 10.4. The minimum Gasteiger partial charge on any atom is -0.480 e. The number of aryl methyl sites for hydroxylation is 1. The highest BCUT2D eigenvalue weighted by molar-refractivity contribution is 6.30. The smallest absolute Gasteiger partial charge is 0.325 e. The van der Waals surface area contributed by atoms with E-state index in [0.29, 0.717) is 13.1 Å². The van der Waals surface area contributed by atoms with Crippen LogP contribution in [-0.2, 0) is 4.79 Å². The fourth-order valence-electron chi connectivity index (χ4n) is 3.26. The van der Waals surface area contributed by atoms with Crippen LogP contribution in [0.25, 0.3) is 0 Å². The molecule has 0 spiro atoms. The second kappa shape index (κ2) is 7.24. The number of benzene rings is 2. The lowest BCUT2D eigenvalue weighted by molar-refractivity contribution is -0.143. The minimum atomic E-state index is -0.795. The Bertz CT molecular complexity index is 727. The van der Waals surface area contributed by atoms with Gasteiger partial charge in [-0.1, -0.05) is 47.5 Å². The van der Waals surface area contributed by atoms with Crippen LogP contribution in [0.2, 0.25) is 5.02 Å². The van der Waals surface area contributed by atoms with Gasteiger partial charge in [-0.05, 0) is 30.7 Å². The number of piperazine rings is 1. The van der Waals surface area contributed by atoms with Gasteiger partial charge in [-0.15, -0.1) is 0 Å². The van der Waals surface area contributed by atoms with E-state index in [9.17, 15) is 9.90 Å². The second-order valence-electron chi connectivity index (χ2n) is 6.16. The molecule has 5 heteroatoms. The lowest BCUT2D eigenvalue weighted by Crippen LogP contribution is -2.49. The van der Waals surface area contributed by atoms with Crippen LogP contribution < -0.4 is 4.90 Å². The van der Waals surface area contributed by atoms with Gasteiger partial charge in [0, 0.05) is 36.9 Å². The molecule has 1 N–H and O–H groups in total. The van der Waals surface area contributed by atoms with E-state index in [1.54, 1.807) is 0 Å². The Kier molecular flexibility index (Phi) is 5.07. The van der Waals surface area contributed by atoms with Gasteiger partial charge < -0.3 is 10.0 Å². The number of anilines is 1. The molecule has 0 aliphatic carbocycles. The van der Waals surface area contributed by atoms with E-state index < -0.39 is 12.0 Å². The first-order chi connectivity index (χ1) is 11.5. The zero-order valence-electron chi connectivity index (χ0n) is 13.7. The molecular weight excluding hydrogens is 324 g/mol. The summed E-state index contributed by atoms with van der Waals surface area (Å²) in [6.07, 6.45) is 0. The first-order valence-corrected chi connectivity index (χ1v) is 8.46. The summed E-state index contributed by atoms with van der Waals surface area (Å²) < 4.78 is 0. The third kappa shape index (κ3) is 3.71. The van der Waals surface area contributed by atoms with Gasteiger partial charge in [-0.3, -0.25) is 9.69 Å². The highest BCUT2D eigenvalue weighted by atomic mass is 35.5. The first kappa shape index (κ1) is 16.8. The molecule has 0 bridgehead atoms. The zero-order valence-corrected chi connectivity index (χ0v) is 14.4. The lowest BCUT2D eigenvalue weighted by atomic mass is 10.0. The average Bonchev–Trinajstić information content (AvgIpc) is 2.55. The summed E-state index contributed by atoms with van der Waals surface area (Å²) in [5.41, 5.74) is 3.01. The SMILES string of the molecule is Cc1cccc([C@H](C(=O)O)N2CCN(c3cccc(Cl)c3)CC2)c1. The number of carboxylic acids is 1. The highest BCUT2D eigenvalue weighted by Crippen LogP contribution is 2.26. The number of hydrogen-bond acceptors (Lipinski definition) is 3. The summed E-state index contributed by atoms with van der Waals surface area (Å²) in [7, 11) is 0. The van der Waals surface area contributed by atoms with Crippen LogP contribution in [0.4, 0.5) is 5.69 Å². The van der Waals surface area contributed by atoms with Gasteiger partial charge in [0.05, 0.1) is 0 Å². The molecule has 2 aromatic rings. The average molecular weight is 345 g/mol. The molecule has 0 unspecified atom stereocenters. The zero-order chi connectivity index (χ0) is 17.1. The van der Waals surface area contributed by atoms with Crippen LogP contribution in [0.15, 0.2) is 48.5 Å². The molecular formula is C19H21ClN2O2. The molecule has 4 nitrogen and oxygen atoms in total. The van der Waals surface area contributed by atoms with Gasteiger partial charge in [-0.25, -0.2) is 0 Å². The fraction of sp³-hybridized carbons (Fsp3) is 0.316. The van der Waals surface area contributed by atoms with E-state index in [1.165, 1.54) is 0 Å². The lowest BCUT2D eigenvalue weighted by Gasteiger charge is -2.39. The molecule has 2 aromatic carbocycles. The molecule has 0 radical (unpaired) electrons. The van der Waals surface area contributed by atoms with Crippen LogP contribution in [0.1, 0.15) is 17.2 Å². The summed E-state index contributed by atoms with van der Waals surface area (Å²) >= 11 is 6.06. The number of rotatable bonds is 4. The van der Waals surface area contributed by atoms with Crippen molar-refractivity contribution < 1.29 is 9.90 Å². The topological polar surface area (TPSA) is 43.8 Å². The molecule has 0 amide bonds. The minimum absolute atomic E-state index is 0.591. The number of carbonyl (C=O) groups is 1. The third-order valence-electron chi connectivity index (χ3n) is 4.44. The summed E-state index contributed by atoms with van der Waals surface area (Å²) in [6.45, 7) is 4.97. The Morgan fingerprint density at radius 3 is 2.42 bits per heavy atom. The summed E-state index contributed by atoms with van der Waals surface area (Å²) in [5.74, 6) is -0.795. The maximum Gasteiger partial charge on any atom is 0.325 e. The van der Waals surface area contributed by atoms with Crippen molar-refractivity contribution in [1.29, 1.82) is 0 Å². The van der Waals surface area contributed by atoms with E-state index in [4.69, 9.17) is 11.6 Å². The van der Waals surface area contributed by atoms with Crippen molar-refractivity contribution in [3.05, 3.63) is 64.7 Å². The molecule has 126 valence electrons. The third-order valence-corrected chi connectivity index (χ3v) is 4.68. The standard InChI is InChI=1S/C19H21ClN2O2/c1-14-4-2-5-15(12-14)18(19(23)24)22-10-8-21(9-11-22)17-7-3-6-16(20)13-17/h2-7,12-13,18H,8-11H2,1H3,(H,23,24)/t18-/m1/s1. The Morgan fingerprint density at radius 2 is 1.79 bits per heavy atom. The van der Waals surface area contributed by atoms with Crippen molar-refractivity contribution in [3.8, 4) is 0 Å². The maximum absolute atomic E-state index is 11.8. The number of hydrogen-bond donors (Lipinski definition) is 1. The molecule has 0 saturated carbocycles. The molecule has 0 aromatic heterocycles. The van der Waals surface area contributed by atoms with Gasteiger partial charge in [0.15, 0.2) is 0 Å². The maximum atomic E-state index is 11.8. The highest BCUT2D eigenvalue weighted by Gasteiger charge is 2.30. The van der Waals surface area contributed by atoms with E-state index >= 15 is 0 Å². The van der Waals surface area contributed by atoms with Crippen LogP contribution >= 0.6 is 11.6 Å². The van der Waals surface area contributed by atoms with Crippen LogP contribution in [0.3, 0.4) is 0 Å². The number of halogens is 1. The van der Waals surface area contributed by atoms with Crippen molar-refractivity contribution in [2.24, 2.45) is 0 Å². The molecule has 1 saturated heterocycles.